The first kappa shape index (κ1) is 16.9. The van der Waals surface area contributed by atoms with Crippen LogP contribution in [0.4, 0.5) is 5.95 Å². The zero-order valence-corrected chi connectivity index (χ0v) is 15.6. The van der Waals surface area contributed by atoms with Crippen LogP contribution in [0.1, 0.15) is 6.42 Å². The highest BCUT2D eigenvalue weighted by atomic mass is 35.5. The Balaban J connectivity index is 1.69. The summed E-state index contributed by atoms with van der Waals surface area (Å²) in [5, 5.41) is 9.38. The number of benzene rings is 1. The molecule has 1 atom stereocenters. The van der Waals surface area contributed by atoms with Gasteiger partial charge in [-0.1, -0.05) is 41.0 Å². The number of rotatable bonds is 4. The van der Waals surface area contributed by atoms with Crippen molar-refractivity contribution in [2.45, 2.75) is 16.2 Å². The van der Waals surface area contributed by atoms with Crippen LogP contribution in [-0.4, -0.2) is 39.2 Å². The fourth-order valence-corrected chi connectivity index (χ4v) is 4.37. The van der Waals surface area contributed by atoms with Crippen LogP contribution in [0, 0.1) is 5.92 Å². The van der Waals surface area contributed by atoms with Gasteiger partial charge in [-0.25, -0.2) is 9.38 Å². The molecule has 1 saturated heterocycles. The molecule has 1 aromatic carbocycles. The SMILES string of the molecule is NCC1CCN(c2ncc(Sc3cccc(Cl)c3Cl)c3nncn23)C1. The van der Waals surface area contributed by atoms with Gasteiger partial charge in [0, 0.05) is 24.2 Å². The molecule has 3 heterocycles. The van der Waals surface area contributed by atoms with Gasteiger partial charge >= 0.3 is 0 Å². The van der Waals surface area contributed by atoms with Crippen LogP contribution < -0.4 is 10.6 Å². The standard InChI is InChI=1S/C16H16Cl2N6S/c17-11-2-1-3-12(14(11)18)25-13-7-20-16(24-9-21-22-15(13)24)23-5-4-10(6-19)8-23/h1-3,7,9-10H,4-6,8,19H2. The summed E-state index contributed by atoms with van der Waals surface area (Å²) in [4.78, 5) is 8.61. The van der Waals surface area contributed by atoms with Gasteiger partial charge in [0.1, 0.15) is 6.33 Å². The Kier molecular flexibility index (Phi) is 4.73. The predicted octanol–water partition coefficient (Wildman–Crippen LogP) is 3.37. The third kappa shape index (κ3) is 3.17. The van der Waals surface area contributed by atoms with E-state index in [1.807, 2.05) is 22.7 Å². The maximum Gasteiger partial charge on any atom is 0.212 e. The van der Waals surface area contributed by atoms with Crippen LogP contribution in [0.3, 0.4) is 0 Å². The lowest BCUT2D eigenvalue weighted by atomic mass is 10.1. The van der Waals surface area contributed by atoms with Gasteiger partial charge in [0.15, 0.2) is 5.65 Å². The number of nitrogens with zero attached hydrogens (tertiary/aromatic N) is 5. The summed E-state index contributed by atoms with van der Waals surface area (Å²) in [6.07, 6.45) is 4.59. The van der Waals surface area contributed by atoms with Crippen molar-refractivity contribution in [1.29, 1.82) is 0 Å². The highest BCUT2D eigenvalue weighted by Gasteiger charge is 2.25. The van der Waals surface area contributed by atoms with Crippen molar-refractivity contribution in [3.8, 4) is 0 Å². The Bertz CT molecular complexity index is 915. The molecule has 130 valence electrons. The van der Waals surface area contributed by atoms with E-state index >= 15 is 0 Å². The second kappa shape index (κ2) is 6.99. The molecule has 2 aromatic heterocycles. The molecular weight excluding hydrogens is 379 g/mol. The van der Waals surface area contributed by atoms with Gasteiger partial charge in [-0.15, -0.1) is 10.2 Å². The van der Waals surface area contributed by atoms with Crippen molar-refractivity contribution in [2.24, 2.45) is 11.7 Å². The summed E-state index contributed by atoms with van der Waals surface area (Å²) in [5.74, 6) is 1.35. The average Bonchev–Trinajstić information content (AvgIpc) is 3.28. The van der Waals surface area contributed by atoms with Crippen LogP contribution >= 0.6 is 35.0 Å². The van der Waals surface area contributed by atoms with Gasteiger partial charge in [0.2, 0.25) is 5.95 Å². The first-order chi connectivity index (χ1) is 12.2. The molecule has 25 heavy (non-hydrogen) atoms. The summed E-state index contributed by atoms with van der Waals surface area (Å²) in [6, 6.07) is 5.56. The minimum Gasteiger partial charge on any atom is -0.342 e. The summed E-state index contributed by atoms with van der Waals surface area (Å²) in [6.45, 7) is 2.54. The van der Waals surface area contributed by atoms with Crippen molar-refractivity contribution >= 4 is 46.6 Å². The van der Waals surface area contributed by atoms with E-state index < -0.39 is 0 Å². The fraction of sp³-hybridized carbons (Fsp3) is 0.312. The lowest BCUT2D eigenvalue weighted by Gasteiger charge is -2.18. The Hall–Kier alpha value is -1.54. The van der Waals surface area contributed by atoms with Crippen LogP contribution in [0.2, 0.25) is 10.0 Å². The van der Waals surface area contributed by atoms with Gasteiger partial charge in [-0.3, -0.25) is 0 Å². The first-order valence-electron chi connectivity index (χ1n) is 7.93. The number of anilines is 1. The molecule has 0 saturated carbocycles. The smallest absolute Gasteiger partial charge is 0.212 e. The van der Waals surface area contributed by atoms with Crippen LogP contribution in [-0.2, 0) is 0 Å². The molecule has 0 aliphatic carbocycles. The van der Waals surface area contributed by atoms with E-state index in [2.05, 4.69) is 20.1 Å². The maximum absolute atomic E-state index is 6.30. The normalized spacial score (nSPS) is 17.6. The second-order valence-corrected chi connectivity index (χ2v) is 7.81. The van der Waals surface area contributed by atoms with Gasteiger partial charge in [-0.05, 0) is 31.0 Å². The molecule has 2 N–H and O–H groups in total. The lowest BCUT2D eigenvalue weighted by Crippen LogP contribution is -2.25. The maximum atomic E-state index is 6.30. The van der Waals surface area contributed by atoms with E-state index in [4.69, 9.17) is 28.9 Å². The number of fused-ring (bicyclic) bond motifs is 1. The number of halogens is 2. The number of hydrogen-bond donors (Lipinski definition) is 1. The number of hydrogen-bond acceptors (Lipinski definition) is 6. The molecule has 1 aliphatic rings. The summed E-state index contributed by atoms with van der Waals surface area (Å²) < 4.78 is 1.92. The molecule has 0 radical (unpaired) electrons. The molecule has 3 aromatic rings. The molecule has 1 fully saturated rings. The predicted molar refractivity (Wildman–Crippen MR) is 101 cm³/mol. The fourth-order valence-electron chi connectivity index (χ4n) is 2.98. The third-order valence-corrected chi connectivity index (χ3v) is 6.32. The monoisotopic (exact) mass is 394 g/mol. The van der Waals surface area contributed by atoms with Crippen molar-refractivity contribution < 1.29 is 0 Å². The Morgan fingerprint density at radius 1 is 1.28 bits per heavy atom. The van der Waals surface area contributed by atoms with Gasteiger partial charge < -0.3 is 10.6 Å². The first-order valence-corrected chi connectivity index (χ1v) is 9.50. The largest absolute Gasteiger partial charge is 0.342 e. The average molecular weight is 395 g/mol. The van der Waals surface area contributed by atoms with E-state index in [1.165, 1.54) is 11.8 Å². The molecule has 0 amide bonds. The lowest BCUT2D eigenvalue weighted by molar-refractivity contribution is 0.601. The molecule has 9 heteroatoms. The summed E-state index contributed by atoms with van der Waals surface area (Å²) in [7, 11) is 0. The minimum absolute atomic E-state index is 0.507. The zero-order valence-electron chi connectivity index (χ0n) is 13.3. The molecule has 6 nitrogen and oxygen atoms in total. The van der Waals surface area contributed by atoms with Gasteiger partial charge in [0.25, 0.3) is 0 Å². The van der Waals surface area contributed by atoms with Crippen molar-refractivity contribution in [2.75, 3.05) is 24.5 Å². The zero-order chi connectivity index (χ0) is 17.4. The molecule has 0 spiro atoms. The Morgan fingerprint density at radius 3 is 2.96 bits per heavy atom. The third-order valence-electron chi connectivity index (χ3n) is 4.32. The molecule has 0 bridgehead atoms. The van der Waals surface area contributed by atoms with E-state index in [9.17, 15) is 0 Å². The van der Waals surface area contributed by atoms with Crippen LogP contribution in [0.5, 0.6) is 0 Å². The quantitative estimate of drug-likeness (QED) is 0.730. The van der Waals surface area contributed by atoms with Gasteiger partial charge in [-0.2, -0.15) is 0 Å². The number of aromatic nitrogens is 4. The van der Waals surface area contributed by atoms with Crippen molar-refractivity contribution in [1.82, 2.24) is 19.6 Å². The summed E-state index contributed by atoms with van der Waals surface area (Å²) >= 11 is 13.9. The molecule has 4 rings (SSSR count). The minimum atomic E-state index is 0.507. The van der Waals surface area contributed by atoms with E-state index in [1.54, 1.807) is 12.4 Å². The van der Waals surface area contributed by atoms with E-state index in [0.717, 1.165) is 40.9 Å². The molecule has 1 unspecified atom stereocenters. The van der Waals surface area contributed by atoms with Crippen LogP contribution in [0.15, 0.2) is 40.5 Å². The molecular formula is C16H16Cl2N6S. The van der Waals surface area contributed by atoms with Gasteiger partial charge in [0.05, 0.1) is 14.9 Å². The topological polar surface area (TPSA) is 72.3 Å². The van der Waals surface area contributed by atoms with Crippen molar-refractivity contribution in [3.63, 3.8) is 0 Å². The summed E-state index contributed by atoms with van der Waals surface area (Å²) in [5.41, 5.74) is 6.55. The Labute approximate surface area is 159 Å². The highest BCUT2D eigenvalue weighted by Crippen LogP contribution is 2.38. The highest BCUT2D eigenvalue weighted by molar-refractivity contribution is 7.99. The van der Waals surface area contributed by atoms with Crippen molar-refractivity contribution in [3.05, 3.63) is 40.8 Å². The van der Waals surface area contributed by atoms with Crippen LogP contribution in [0.25, 0.3) is 5.65 Å². The number of nitrogens with two attached hydrogens (primary N) is 1. The van der Waals surface area contributed by atoms with E-state index in [0.29, 0.717) is 22.5 Å². The Morgan fingerprint density at radius 2 is 2.16 bits per heavy atom. The molecule has 1 aliphatic heterocycles. The second-order valence-electron chi connectivity index (χ2n) is 5.94. The van der Waals surface area contributed by atoms with E-state index in [-0.39, 0.29) is 0 Å².